The van der Waals surface area contributed by atoms with Crippen molar-refractivity contribution in [3.63, 3.8) is 0 Å². The van der Waals surface area contributed by atoms with Gasteiger partial charge in [0.1, 0.15) is 0 Å². The summed E-state index contributed by atoms with van der Waals surface area (Å²) in [6, 6.07) is 5.51. The van der Waals surface area contributed by atoms with Crippen LogP contribution in [0, 0.1) is 10.1 Å². The lowest BCUT2D eigenvalue weighted by Gasteiger charge is -2.31. The Morgan fingerprint density at radius 3 is 2.71 bits per heavy atom. The molecule has 1 fully saturated rings. The number of carbonyl (C=O) groups excluding carboxylic acids is 1. The molecule has 1 aromatic carbocycles. The highest BCUT2D eigenvalue weighted by molar-refractivity contribution is 9.10. The van der Waals surface area contributed by atoms with Gasteiger partial charge < -0.3 is 10.2 Å². The molecule has 114 valence electrons. The van der Waals surface area contributed by atoms with Gasteiger partial charge in [-0.05, 0) is 40.4 Å². The van der Waals surface area contributed by atoms with Crippen molar-refractivity contribution < 1.29 is 9.72 Å². The third kappa shape index (κ3) is 4.25. The molecule has 0 unspecified atom stereocenters. The SMILES string of the molecule is CC(=O)N1CCC(NCc2ccc(Br)c([N+](=O)[O-])c2)CC1. The Morgan fingerprint density at radius 1 is 1.48 bits per heavy atom. The lowest BCUT2D eigenvalue weighted by atomic mass is 10.0. The van der Waals surface area contributed by atoms with Gasteiger partial charge in [-0.15, -0.1) is 0 Å². The highest BCUT2D eigenvalue weighted by Gasteiger charge is 2.20. The molecule has 0 aliphatic carbocycles. The van der Waals surface area contributed by atoms with Crippen LogP contribution in [-0.4, -0.2) is 34.9 Å². The lowest BCUT2D eigenvalue weighted by molar-refractivity contribution is -0.385. The number of likely N-dealkylation sites (tertiary alicyclic amines) is 1. The van der Waals surface area contributed by atoms with Crippen LogP contribution in [0.4, 0.5) is 5.69 Å². The van der Waals surface area contributed by atoms with Gasteiger partial charge in [0.2, 0.25) is 5.91 Å². The number of benzene rings is 1. The minimum Gasteiger partial charge on any atom is -0.343 e. The van der Waals surface area contributed by atoms with Crippen LogP contribution in [0.15, 0.2) is 22.7 Å². The highest BCUT2D eigenvalue weighted by atomic mass is 79.9. The van der Waals surface area contributed by atoms with E-state index in [1.165, 1.54) is 0 Å². The summed E-state index contributed by atoms with van der Waals surface area (Å²) >= 11 is 3.18. The van der Waals surface area contributed by atoms with Crippen LogP contribution in [0.25, 0.3) is 0 Å². The summed E-state index contributed by atoms with van der Waals surface area (Å²) in [5.41, 5.74) is 0.972. The first-order chi connectivity index (χ1) is 9.97. The quantitative estimate of drug-likeness (QED) is 0.664. The van der Waals surface area contributed by atoms with E-state index in [9.17, 15) is 14.9 Å². The summed E-state index contributed by atoms with van der Waals surface area (Å²) in [7, 11) is 0. The Labute approximate surface area is 131 Å². The molecule has 0 radical (unpaired) electrons. The van der Waals surface area contributed by atoms with Crippen molar-refractivity contribution in [3.05, 3.63) is 38.3 Å². The average Bonchev–Trinajstić information content (AvgIpc) is 2.46. The fraction of sp³-hybridized carbons (Fsp3) is 0.500. The number of hydrogen-bond donors (Lipinski definition) is 1. The van der Waals surface area contributed by atoms with Gasteiger partial charge in [-0.25, -0.2) is 0 Å². The van der Waals surface area contributed by atoms with Gasteiger partial charge in [0.25, 0.3) is 5.69 Å². The van der Waals surface area contributed by atoms with Crippen LogP contribution >= 0.6 is 15.9 Å². The number of nitro groups is 1. The van der Waals surface area contributed by atoms with Crippen LogP contribution in [-0.2, 0) is 11.3 Å². The molecule has 1 aliphatic rings. The molecule has 1 heterocycles. The van der Waals surface area contributed by atoms with Crippen molar-refractivity contribution in [3.8, 4) is 0 Å². The number of halogens is 1. The Morgan fingerprint density at radius 2 is 2.14 bits per heavy atom. The number of nitro benzene ring substituents is 1. The number of nitrogens with zero attached hydrogens (tertiary/aromatic N) is 2. The van der Waals surface area contributed by atoms with Crippen LogP contribution in [0.2, 0.25) is 0 Å². The molecular formula is C14H18BrN3O3. The van der Waals surface area contributed by atoms with E-state index in [2.05, 4.69) is 21.2 Å². The second-order valence-electron chi connectivity index (χ2n) is 5.20. The Hall–Kier alpha value is -1.47. The van der Waals surface area contributed by atoms with Crippen LogP contribution in [0.5, 0.6) is 0 Å². The van der Waals surface area contributed by atoms with Crippen molar-refractivity contribution in [2.45, 2.75) is 32.4 Å². The van der Waals surface area contributed by atoms with Crippen molar-refractivity contribution >= 4 is 27.5 Å². The van der Waals surface area contributed by atoms with Gasteiger partial charge in [0.15, 0.2) is 0 Å². The predicted molar refractivity (Wildman–Crippen MR) is 82.9 cm³/mol. The Balaban J connectivity index is 1.88. The van der Waals surface area contributed by atoms with Crippen molar-refractivity contribution in [1.82, 2.24) is 10.2 Å². The maximum absolute atomic E-state index is 11.3. The van der Waals surface area contributed by atoms with Gasteiger partial charge in [0, 0.05) is 38.7 Å². The van der Waals surface area contributed by atoms with E-state index in [-0.39, 0.29) is 16.5 Å². The van der Waals surface area contributed by atoms with Crippen LogP contribution in [0.3, 0.4) is 0 Å². The fourth-order valence-electron chi connectivity index (χ4n) is 2.47. The smallest absolute Gasteiger partial charge is 0.283 e. The van der Waals surface area contributed by atoms with Crippen molar-refractivity contribution in [2.24, 2.45) is 0 Å². The molecule has 0 aromatic heterocycles. The Bertz CT molecular complexity index is 542. The minimum atomic E-state index is -0.390. The average molecular weight is 356 g/mol. The monoisotopic (exact) mass is 355 g/mol. The van der Waals surface area contributed by atoms with Gasteiger partial charge in [-0.1, -0.05) is 6.07 Å². The summed E-state index contributed by atoms with van der Waals surface area (Å²) in [5.74, 6) is 0.122. The molecule has 1 aliphatic heterocycles. The normalized spacial score (nSPS) is 16.0. The number of nitrogens with one attached hydrogen (secondary N) is 1. The molecule has 7 heteroatoms. The van der Waals surface area contributed by atoms with Crippen LogP contribution in [0.1, 0.15) is 25.3 Å². The molecule has 0 saturated carbocycles. The van der Waals surface area contributed by atoms with Crippen molar-refractivity contribution in [1.29, 1.82) is 0 Å². The molecule has 1 N–H and O–H groups in total. The van der Waals surface area contributed by atoms with E-state index in [0.29, 0.717) is 17.1 Å². The zero-order valence-electron chi connectivity index (χ0n) is 11.8. The molecular weight excluding hydrogens is 338 g/mol. The summed E-state index contributed by atoms with van der Waals surface area (Å²) in [6.45, 7) is 3.73. The maximum Gasteiger partial charge on any atom is 0.283 e. The largest absolute Gasteiger partial charge is 0.343 e. The van der Waals surface area contributed by atoms with Gasteiger partial charge in [-0.2, -0.15) is 0 Å². The van der Waals surface area contributed by atoms with Gasteiger partial charge in [0.05, 0.1) is 9.40 Å². The zero-order valence-corrected chi connectivity index (χ0v) is 13.4. The third-order valence-corrected chi connectivity index (χ3v) is 4.41. The topological polar surface area (TPSA) is 75.5 Å². The standard InChI is InChI=1S/C14H18BrN3O3/c1-10(19)17-6-4-12(5-7-17)16-9-11-2-3-13(15)14(8-11)18(20)21/h2-3,8,12,16H,4-7,9H2,1H3. The third-order valence-electron chi connectivity index (χ3n) is 3.74. The zero-order chi connectivity index (χ0) is 15.4. The molecule has 21 heavy (non-hydrogen) atoms. The number of hydrogen-bond acceptors (Lipinski definition) is 4. The molecule has 6 nitrogen and oxygen atoms in total. The number of amides is 1. The van der Waals surface area contributed by atoms with E-state index in [0.717, 1.165) is 31.5 Å². The van der Waals surface area contributed by atoms with E-state index in [4.69, 9.17) is 0 Å². The van der Waals surface area contributed by atoms with E-state index >= 15 is 0 Å². The molecule has 1 aromatic rings. The van der Waals surface area contributed by atoms with E-state index in [1.807, 2.05) is 11.0 Å². The number of rotatable bonds is 4. The van der Waals surface area contributed by atoms with E-state index in [1.54, 1.807) is 19.1 Å². The summed E-state index contributed by atoms with van der Waals surface area (Å²) in [6.07, 6.45) is 1.83. The summed E-state index contributed by atoms with van der Waals surface area (Å²) in [4.78, 5) is 23.6. The number of carbonyl (C=O) groups is 1. The number of piperidine rings is 1. The van der Waals surface area contributed by atoms with E-state index < -0.39 is 0 Å². The summed E-state index contributed by atoms with van der Waals surface area (Å²) in [5, 5.41) is 14.3. The predicted octanol–water partition coefficient (Wildman–Crippen LogP) is 2.46. The minimum absolute atomic E-state index is 0.0840. The van der Waals surface area contributed by atoms with Gasteiger partial charge >= 0.3 is 0 Å². The first-order valence-electron chi connectivity index (χ1n) is 6.89. The molecule has 1 saturated heterocycles. The second kappa shape index (κ2) is 7.00. The molecule has 0 spiro atoms. The first-order valence-corrected chi connectivity index (χ1v) is 7.68. The molecule has 2 rings (SSSR count). The molecule has 0 bridgehead atoms. The second-order valence-corrected chi connectivity index (χ2v) is 6.06. The summed E-state index contributed by atoms with van der Waals surface area (Å²) < 4.78 is 0.492. The fourth-order valence-corrected chi connectivity index (χ4v) is 2.86. The lowest BCUT2D eigenvalue weighted by Crippen LogP contribution is -2.43. The molecule has 0 atom stereocenters. The van der Waals surface area contributed by atoms with Crippen LogP contribution < -0.4 is 5.32 Å². The van der Waals surface area contributed by atoms with Crippen molar-refractivity contribution in [2.75, 3.05) is 13.1 Å². The Kier molecular flexibility index (Phi) is 5.30. The molecule has 1 amide bonds. The van der Waals surface area contributed by atoms with Gasteiger partial charge in [-0.3, -0.25) is 14.9 Å². The first kappa shape index (κ1) is 15.9. The highest BCUT2D eigenvalue weighted by Crippen LogP contribution is 2.25. The maximum atomic E-state index is 11.3.